The summed E-state index contributed by atoms with van der Waals surface area (Å²) in [5.41, 5.74) is 4.66. The van der Waals surface area contributed by atoms with Crippen LogP contribution >= 0.6 is 22.7 Å². The Kier molecular flexibility index (Phi) is 2.13. The Bertz CT molecular complexity index is 1020. The maximum absolute atomic E-state index is 13.1. The third-order valence-electron chi connectivity index (χ3n) is 4.70. The molecule has 2 aromatic rings. The van der Waals surface area contributed by atoms with E-state index in [0.29, 0.717) is 11.1 Å². The topological polar surface area (TPSA) is 40.6 Å². The van der Waals surface area contributed by atoms with Gasteiger partial charge >= 0.3 is 0 Å². The summed E-state index contributed by atoms with van der Waals surface area (Å²) in [7, 11) is 0. The van der Waals surface area contributed by atoms with Crippen molar-refractivity contribution in [2.75, 3.05) is 0 Å². The fourth-order valence-corrected chi connectivity index (χ4v) is 5.53. The molecule has 0 saturated heterocycles. The molecule has 0 atom stereocenters. The molecule has 0 saturated carbocycles. The van der Waals surface area contributed by atoms with Crippen LogP contribution in [0.4, 0.5) is 0 Å². The van der Waals surface area contributed by atoms with Gasteiger partial charge in [0, 0.05) is 12.4 Å². The zero-order chi connectivity index (χ0) is 16.0. The molecule has 24 heavy (non-hydrogen) atoms. The first-order chi connectivity index (χ1) is 11.8. The Morgan fingerprint density at radius 3 is 1.62 bits per heavy atom. The van der Waals surface area contributed by atoms with Crippen LogP contribution < -0.4 is 0 Å². The number of hydrogen-bond acceptors (Lipinski definition) is 4. The fraction of sp³-hybridized carbons (Fsp3) is 0. The van der Waals surface area contributed by atoms with Crippen molar-refractivity contribution in [2.45, 2.75) is 0 Å². The minimum Gasteiger partial charge on any atom is -0.281 e. The molecule has 0 spiro atoms. The van der Waals surface area contributed by atoms with E-state index < -0.39 is 0 Å². The van der Waals surface area contributed by atoms with Crippen molar-refractivity contribution in [3.63, 3.8) is 0 Å². The van der Waals surface area contributed by atoms with Crippen LogP contribution in [0.5, 0.6) is 0 Å². The summed E-state index contributed by atoms with van der Waals surface area (Å²) in [5.74, 6) is -0.230. The molecule has 4 aliphatic heterocycles. The highest BCUT2D eigenvalue weighted by molar-refractivity contribution is 7.12. The number of fused-ring (bicyclic) bond motifs is 7. The van der Waals surface area contributed by atoms with E-state index in [9.17, 15) is 9.59 Å². The van der Waals surface area contributed by atoms with Gasteiger partial charge in [-0.15, -0.1) is 22.7 Å². The van der Waals surface area contributed by atoms with Crippen molar-refractivity contribution in [3.8, 4) is 0 Å². The van der Waals surface area contributed by atoms with Crippen LogP contribution in [0.1, 0.15) is 20.9 Å². The lowest BCUT2D eigenvalue weighted by Crippen LogP contribution is -2.25. The number of carbonyl (C=O) groups excluding carboxylic acids is 2. The smallest absolute Gasteiger partial charge is 0.265 e. The number of thiophene rings is 2. The summed E-state index contributed by atoms with van der Waals surface area (Å²) in [6, 6.07) is 4.03. The first kappa shape index (κ1) is 12.7. The highest BCUT2D eigenvalue weighted by Crippen LogP contribution is 2.51. The molecule has 6 heteroatoms. The monoisotopic (exact) mass is 348 g/mol. The second-order valence-corrected chi connectivity index (χ2v) is 7.67. The van der Waals surface area contributed by atoms with Crippen LogP contribution in [0.2, 0.25) is 0 Å². The summed E-state index contributed by atoms with van der Waals surface area (Å²) in [6.45, 7) is 0. The lowest BCUT2D eigenvalue weighted by atomic mass is 10.0. The van der Waals surface area contributed by atoms with E-state index in [1.807, 2.05) is 35.0 Å². The fourth-order valence-electron chi connectivity index (χ4n) is 3.66. The van der Waals surface area contributed by atoms with Crippen molar-refractivity contribution >= 4 is 58.0 Å². The average Bonchev–Trinajstić information content (AvgIpc) is 3.33. The number of carbonyl (C=O) groups is 2. The van der Waals surface area contributed by atoms with Crippen LogP contribution in [-0.4, -0.2) is 21.6 Å². The van der Waals surface area contributed by atoms with Crippen LogP contribution in [0, 0.1) is 0 Å². The summed E-state index contributed by atoms with van der Waals surface area (Å²) < 4.78 is 0. The number of amides is 2. The van der Waals surface area contributed by atoms with Gasteiger partial charge < -0.3 is 0 Å². The Labute approximate surface area is 144 Å². The van der Waals surface area contributed by atoms with Gasteiger partial charge in [0.2, 0.25) is 0 Å². The molecule has 114 valence electrons. The maximum Gasteiger partial charge on any atom is 0.265 e. The normalized spacial score (nSPS) is 19.8. The number of nitrogens with zero attached hydrogens (tertiary/aromatic N) is 2. The van der Waals surface area contributed by atoms with Crippen LogP contribution in [0.15, 0.2) is 46.4 Å². The van der Waals surface area contributed by atoms with E-state index in [1.54, 1.807) is 44.9 Å². The lowest BCUT2D eigenvalue weighted by molar-refractivity contribution is -0.122. The Morgan fingerprint density at radius 2 is 1.17 bits per heavy atom. The molecule has 6 heterocycles. The van der Waals surface area contributed by atoms with E-state index in [2.05, 4.69) is 0 Å². The van der Waals surface area contributed by atoms with Crippen molar-refractivity contribution in [2.24, 2.45) is 0 Å². The maximum atomic E-state index is 13.1. The SMILES string of the molecule is O=C1C2=C3c4sccc4C=CN3C(=O)C2=C2c3sccc3C=CN12. The minimum atomic E-state index is -0.115. The zero-order valence-electron chi connectivity index (χ0n) is 12.1. The second-order valence-electron chi connectivity index (χ2n) is 5.84. The highest BCUT2D eigenvalue weighted by atomic mass is 32.1. The zero-order valence-corrected chi connectivity index (χ0v) is 13.8. The standard InChI is InChI=1S/C18H8N2O2S2/c21-17-12-11(13-15-9(3-7-23-15)1-5-19(13)17)18(22)20-6-2-10-4-8-24-16(10)14(12)20/h1-8H. The molecule has 6 rings (SSSR count). The minimum absolute atomic E-state index is 0.115. The van der Waals surface area contributed by atoms with Crippen molar-refractivity contribution in [3.05, 3.63) is 67.3 Å². The van der Waals surface area contributed by atoms with E-state index in [0.717, 1.165) is 32.3 Å². The van der Waals surface area contributed by atoms with E-state index in [-0.39, 0.29) is 11.8 Å². The second kappa shape index (κ2) is 4.03. The average molecular weight is 348 g/mol. The first-order valence-corrected chi connectivity index (χ1v) is 9.20. The van der Waals surface area contributed by atoms with Crippen LogP contribution in [0.25, 0.3) is 23.5 Å². The summed E-state index contributed by atoms with van der Waals surface area (Å²) in [5, 5.41) is 3.98. The van der Waals surface area contributed by atoms with E-state index >= 15 is 0 Å². The molecule has 4 aliphatic rings. The van der Waals surface area contributed by atoms with Gasteiger partial charge in [0.05, 0.1) is 32.3 Å². The van der Waals surface area contributed by atoms with Gasteiger partial charge in [-0.3, -0.25) is 19.4 Å². The van der Waals surface area contributed by atoms with Crippen LogP contribution in [-0.2, 0) is 9.59 Å². The lowest BCUT2D eigenvalue weighted by Gasteiger charge is -2.24. The molecule has 2 amide bonds. The molecular weight excluding hydrogens is 340 g/mol. The van der Waals surface area contributed by atoms with Gasteiger partial charge in [-0.25, -0.2) is 0 Å². The molecule has 0 radical (unpaired) electrons. The van der Waals surface area contributed by atoms with Crippen molar-refractivity contribution in [1.82, 2.24) is 9.80 Å². The Morgan fingerprint density at radius 1 is 0.708 bits per heavy atom. The molecule has 4 nitrogen and oxygen atoms in total. The Balaban J connectivity index is 1.73. The van der Waals surface area contributed by atoms with Crippen LogP contribution in [0.3, 0.4) is 0 Å². The third-order valence-corrected chi connectivity index (χ3v) is 6.57. The van der Waals surface area contributed by atoms with Gasteiger partial charge in [0.25, 0.3) is 11.8 Å². The predicted molar refractivity (Wildman–Crippen MR) is 94.2 cm³/mol. The highest BCUT2D eigenvalue weighted by Gasteiger charge is 2.50. The molecule has 0 fully saturated rings. The number of hydrogen-bond donors (Lipinski definition) is 0. The van der Waals surface area contributed by atoms with Crippen molar-refractivity contribution < 1.29 is 9.59 Å². The molecule has 0 aromatic carbocycles. The van der Waals surface area contributed by atoms with Crippen molar-refractivity contribution in [1.29, 1.82) is 0 Å². The van der Waals surface area contributed by atoms with Gasteiger partial charge in [-0.1, -0.05) is 0 Å². The largest absolute Gasteiger partial charge is 0.281 e. The third kappa shape index (κ3) is 1.27. The predicted octanol–water partition coefficient (Wildman–Crippen LogP) is 3.59. The molecule has 0 unspecified atom stereocenters. The molecule has 0 aliphatic carbocycles. The Hall–Kier alpha value is -2.70. The van der Waals surface area contributed by atoms with Gasteiger partial charge in [0.1, 0.15) is 0 Å². The molecular formula is C18H8N2O2S2. The molecule has 0 bridgehead atoms. The molecule has 2 aromatic heterocycles. The van der Waals surface area contributed by atoms with E-state index in [4.69, 9.17) is 0 Å². The van der Waals surface area contributed by atoms with Gasteiger partial charge in [-0.2, -0.15) is 0 Å². The van der Waals surface area contributed by atoms with Gasteiger partial charge in [-0.05, 0) is 46.2 Å². The van der Waals surface area contributed by atoms with E-state index in [1.165, 1.54) is 0 Å². The summed E-state index contributed by atoms with van der Waals surface area (Å²) >= 11 is 3.13. The quantitative estimate of drug-likeness (QED) is 0.730. The summed E-state index contributed by atoms with van der Waals surface area (Å²) in [4.78, 5) is 31.3. The summed E-state index contributed by atoms with van der Waals surface area (Å²) in [6.07, 6.45) is 7.41. The van der Waals surface area contributed by atoms with Gasteiger partial charge in [0.15, 0.2) is 0 Å². The molecule has 0 N–H and O–H groups in total. The first-order valence-electron chi connectivity index (χ1n) is 7.44. The number of rotatable bonds is 0.